The van der Waals surface area contributed by atoms with E-state index in [0.29, 0.717) is 0 Å². The number of hydrogen-bond donors (Lipinski definition) is 2. The number of thioether (sulfide) groups is 1. The lowest BCUT2D eigenvalue weighted by atomic mass is 10.1. The largest absolute Gasteiger partial charge is 0.388 e. The second-order valence-electron chi connectivity index (χ2n) is 3.47. The Morgan fingerprint density at radius 2 is 1.89 bits per heavy atom. The molecule has 0 aliphatic carbocycles. The molecule has 0 saturated heterocycles. The fourth-order valence-corrected chi connectivity index (χ4v) is 1.50. The number of hydrogen-bond acceptors (Lipinski definition) is 3. The summed E-state index contributed by atoms with van der Waals surface area (Å²) in [6.07, 6.45) is 1.51. The highest BCUT2D eigenvalue weighted by molar-refractivity contribution is 7.98. The molecule has 1 aromatic carbocycles. The van der Waals surface area contributed by atoms with Crippen molar-refractivity contribution in [3.05, 3.63) is 29.8 Å². The lowest BCUT2D eigenvalue weighted by molar-refractivity contribution is -0.116. The van der Waals surface area contributed by atoms with Gasteiger partial charge in [-0.3, -0.25) is 9.18 Å². The first kappa shape index (κ1) is 18.5. The molecular weight excluding hydrogens is 312 g/mol. The van der Waals surface area contributed by atoms with Crippen LogP contribution in [-0.2, 0) is 4.79 Å². The van der Waals surface area contributed by atoms with Gasteiger partial charge in [0.1, 0.15) is 0 Å². The van der Waals surface area contributed by atoms with E-state index in [0.717, 1.165) is 10.5 Å². The molecule has 0 radical (unpaired) electrons. The van der Waals surface area contributed by atoms with E-state index in [9.17, 15) is 14.3 Å². The minimum Gasteiger partial charge on any atom is -0.388 e. The molecule has 0 bridgehead atoms. The first-order chi connectivity index (χ1) is 8.92. The Hall–Kier alpha value is -0.490. The number of alkyl halides is 3. The molecule has 0 fully saturated rings. The number of aliphatic hydroxyl groups excluding tert-OH is 1. The molecule has 0 aliphatic rings. The van der Waals surface area contributed by atoms with Gasteiger partial charge >= 0.3 is 0 Å². The lowest BCUT2D eigenvalue weighted by Crippen LogP contribution is -2.17. The van der Waals surface area contributed by atoms with Gasteiger partial charge in [0.2, 0.25) is 0 Å². The molecule has 108 valence electrons. The normalized spacial score (nSPS) is 11.7. The van der Waals surface area contributed by atoms with Crippen molar-refractivity contribution in [2.75, 3.05) is 12.9 Å². The molecule has 1 rings (SSSR count). The Bertz CT molecular complexity index is 376. The molecule has 3 N–H and O–H groups in total. The van der Waals surface area contributed by atoms with Crippen LogP contribution in [-0.4, -0.2) is 28.8 Å². The second-order valence-corrected chi connectivity index (χ2v) is 5.45. The van der Waals surface area contributed by atoms with E-state index < -0.39 is 23.5 Å². The number of primary amides is 1. The van der Waals surface area contributed by atoms with Crippen molar-refractivity contribution >= 4 is 40.9 Å². The van der Waals surface area contributed by atoms with Crippen LogP contribution in [0.2, 0.25) is 0 Å². The summed E-state index contributed by atoms with van der Waals surface area (Å²) in [5.41, 5.74) is 5.32. The zero-order chi connectivity index (χ0) is 14.8. The molecule has 0 spiro atoms. The van der Waals surface area contributed by atoms with Gasteiger partial charge in [-0.1, -0.05) is 35.3 Å². The average molecular weight is 328 g/mol. The van der Waals surface area contributed by atoms with Gasteiger partial charge in [0.05, 0.1) is 12.8 Å². The van der Waals surface area contributed by atoms with Crippen molar-refractivity contribution in [1.82, 2.24) is 0 Å². The van der Waals surface area contributed by atoms with Gasteiger partial charge in [-0.05, 0) is 24.0 Å². The fraction of sp³-hybridized carbons (Fsp3) is 0.417. The number of amides is 1. The molecule has 1 unspecified atom stereocenters. The quantitative estimate of drug-likeness (QED) is 0.645. The summed E-state index contributed by atoms with van der Waals surface area (Å²) in [7, 11) is 0. The number of aliphatic hydroxyl groups is 1. The van der Waals surface area contributed by atoms with E-state index in [1.165, 1.54) is 0 Å². The molecule has 1 aromatic rings. The molecule has 0 aliphatic heterocycles. The van der Waals surface area contributed by atoms with Crippen LogP contribution >= 0.6 is 35.0 Å². The summed E-state index contributed by atoms with van der Waals surface area (Å²) < 4.78 is 11.9. The molecule has 0 heterocycles. The van der Waals surface area contributed by atoms with Gasteiger partial charge in [-0.2, -0.15) is 0 Å². The van der Waals surface area contributed by atoms with Crippen molar-refractivity contribution in [2.24, 2.45) is 5.73 Å². The van der Waals surface area contributed by atoms with Crippen molar-refractivity contribution in [1.29, 1.82) is 0 Å². The summed E-state index contributed by atoms with van der Waals surface area (Å²) >= 11 is 11.5. The summed E-state index contributed by atoms with van der Waals surface area (Å²) in [5, 5.41) is 9.44. The predicted molar refractivity (Wildman–Crippen MR) is 78.5 cm³/mol. The Labute approximate surface area is 126 Å². The average Bonchev–Trinajstić information content (AvgIpc) is 2.39. The molecule has 7 heteroatoms. The zero-order valence-corrected chi connectivity index (χ0v) is 12.7. The molecule has 19 heavy (non-hydrogen) atoms. The highest BCUT2D eigenvalue weighted by Crippen LogP contribution is 2.20. The van der Waals surface area contributed by atoms with E-state index in [1.54, 1.807) is 11.8 Å². The van der Waals surface area contributed by atoms with Gasteiger partial charge < -0.3 is 10.8 Å². The first-order valence-corrected chi connectivity index (χ1v) is 7.47. The molecule has 1 amide bonds. The monoisotopic (exact) mass is 327 g/mol. The molecule has 0 saturated carbocycles. The highest BCUT2D eigenvalue weighted by Gasteiger charge is 2.06. The van der Waals surface area contributed by atoms with Crippen molar-refractivity contribution in [3.63, 3.8) is 0 Å². The second kappa shape index (κ2) is 10.3. The van der Waals surface area contributed by atoms with Crippen molar-refractivity contribution < 1.29 is 14.3 Å². The SMILES string of the molecule is CSc1ccc(C(O)CCF)cc1.NC(=O)C(Cl)Cl. The van der Waals surface area contributed by atoms with Crippen LogP contribution in [0.5, 0.6) is 0 Å². The minimum atomic E-state index is -1.06. The maximum absolute atomic E-state index is 11.9. The maximum atomic E-state index is 11.9. The van der Waals surface area contributed by atoms with E-state index in [1.807, 2.05) is 30.5 Å². The summed E-state index contributed by atoms with van der Waals surface area (Å²) in [5.74, 6) is -0.710. The standard InChI is InChI=1S/C10H13FOS.C2H3Cl2NO/c1-13-9-4-2-8(3-5-9)10(12)6-7-11;3-1(4)2(5)6/h2-5,10,12H,6-7H2,1H3;1H,(H2,5,6). The van der Waals surface area contributed by atoms with Crippen molar-refractivity contribution in [3.8, 4) is 0 Å². The number of rotatable bonds is 5. The Kier molecular flexibility index (Phi) is 10.0. The van der Waals surface area contributed by atoms with E-state index in [4.69, 9.17) is 23.2 Å². The van der Waals surface area contributed by atoms with Crippen LogP contribution in [0.4, 0.5) is 4.39 Å². The highest BCUT2D eigenvalue weighted by atomic mass is 35.5. The third-order valence-electron chi connectivity index (χ3n) is 2.10. The van der Waals surface area contributed by atoms with Gasteiger partial charge in [0.25, 0.3) is 5.91 Å². The predicted octanol–water partition coefficient (Wildman–Crippen LogP) is 3.08. The third kappa shape index (κ3) is 8.31. The maximum Gasteiger partial charge on any atom is 0.250 e. The number of benzene rings is 1. The van der Waals surface area contributed by atoms with E-state index in [-0.39, 0.29) is 6.42 Å². The smallest absolute Gasteiger partial charge is 0.250 e. The van der Waals surface area contributed by atoms with Crippen LogP contribution in [0.15, 0.2) is 29.2 Å². The van der Waals surface area contributed by atoms with E-state index >= 15 is 0 Å². The topological polar surface area (TPSA) is 63.3 Å². The van der Waals surface area contributed by atoms with Crippen LogP contribution in [0, 0.1) is 0 Å². The summed E-state index contributed by atoms with van der Waals surface area (Å²) in [6, 6.07) is 7.54. The van der Waals surface area contributed by atoms with Gasteiger partial charge in [0, 0.05) is 11.3 Å². The molecule has 0 aromatic heterocycles. The molecule has 1 atom stereocenters. The Morgan fingerprint density at radius 1 is 1.42 bits per heavy atom. The lowest BCUT2D eigenvalue weighted by Gasteiger charge is -2.08. The number of carbonyl (C=O) groups excluding carboxylic acids is 1. The number of halogens is 3. The van der Waals surface area contributed by atoms with Gasteiger partial charge in [0.15, 0.2) is 4.84 Å². The Morgan fingerprint density at radius 3 is 2.21 bits per heavy atom. The van der Waals surface area contributed by atoms with Crippen LogP contribution in [0.25, 0.3) is 0 Å². The summed E-state index contributed by atoms with van der Waals surface area (Å²) in [4.78, 5) is 9.74. The van der Waals surface area contributed by atoms with Crippen LogP contribution < -0.4 is 5.73 Å². The Balaban J connectivity index is 0.000000459. The van der Waals surface area contributed by atoms with Gasteiger partial charge in [-0.25, -0.2) is 0 Å². The zero-order valence-electron chi connectivity index (χ0n) is 10.4. The summed E-state index contributed by atoms with van der Waals surface area (Å²) in [6.45, 7) is -0.481. The van der Waals surface area contributed by atoms with Crippen LogP contribution in [0.3, 0.4) is 0 Å². The molecular formula is C12H16Cl2FNO2S. The van der Waals surface area contributed by atoms with Gasteiger partial charge in [-0.15, -0.1) is 11.8 Å². The van der Waals surface area contributed by atoms with Crippen molar-refractivity contribution in [2.45, 2.75) is 22.3 Å². The number of nitrogens with two attached hydrogens (primary N) is 1. The fourth-order valence-electron chi connectivity index (χ4n) is 1.10. The minimum absolute atomic E-state index is 0.179. The van der Waals surface area contributed by atoms with Crippen LogP contribution in [0.1, 0.15) is 18.1 Å². The first-order valence-electron chi connectivity index (χ1n) is 5.37. The number of carbonyl (C=O) groups is 1. The third-order valence-corrected chi connectivity index (χ3v) is 3.27. The molecule has 3 nitrogen and oxygen atoms in total. The van der Waals surface area contributed by atoms with E-state index in [2.05, 4.69) is 5.73 Å².